The van der Waals surface area contributed by atoms with Crippen LogP contribution in [-0.2, 0) is 6.61 Å². The van der Waals surface area contributed by atoms with E-state index in [-0.39, 0.29) is 18.4 Å². The molecule has 0 bridgehead atoms. The standard InChI is InChI=1S/C16H22N4O2/c1-11(2)16-18-15(19-22-16)12-4-3-7-20(9-12)14-5-6-17-8-13(14)10-21/h5-6,8,11-12,21H,3-4,7,9-10H2,1-2H3. The number of aromatic nitrogens is 3. The lowest BCUT2D eigenvalue weighted by molar-refractivity contribution is 0.281. The fourth-order valence-corrected chi connectivity index (χ4v) is 2.90. The average molecular weight is 302 g/mol. The summed E-state index contributed by atoms with van der Waals surface area (Å²) in [6.45, 7) is 5.92. The monoisotopic (exact) mass is 302 g/mol. The van der Waals surface area contributed by atoms with Crippen LogP contribution in [0.1, 0.15) is 55.8 Å². The maximum Gasteiger partial charge on any atom is 0.229 e. The topological polar surface area (TPSA) is 75.3 Å². The highest BCUT2D eigenvalue weighted by molar-refractivity contribution is 5.52. The summed E-state index contributed by atoms with van der Waals surface area (Å²) in [7, 11) is 0. The van der Waals surface area contributed by atoms with Crippen molar-refractivity contribution < 1.29 is 9.63 Å². The molecule has 3 rings (SSSR count). The minimum Gasteiger partial charge on any atom is -0.392 e. The molecular formula is C16H22N4O2. The fraction of sp³-hybridized carbons (Fsp3) is 0.562. The van der Waals surface area contributed by atoms with Crippen LogP contribution >= 0.6 is 0 Å². The summed E-state index contributed by atoms with van der Waals surface area (Å²) in [5.74, 6) is 2.02. The lowest BCUT2D eigenvalue weighted by Crippen LogP contribution is -2.35. The van der Waals surface area contributed by atoms with Gasteiger partial charge in [0.1, 0.15) is 0 Å². The van der Waals surface area contributed by atoms with Gasteiger partial charge in [-0.1, -0.05) is 19.0 Å². The van der Waals surface area contributed by atoms with Crippen LogP contribution in [-0.4, -0.2) is 33.3 Å². The molecule has 1 aliphatic rings. The summed E-state index contributed by atoms with van der Waals surface area (Å²) in [6, 6.07) is 1.96. The van der Waals surface area contributed by atoms with Gasteiger partial charge in [-0.2, -0.15) is 4.98 Å². The molecule has 0 radical (unpaired) electrons. The predicted molar refractivity (Wildman–Crippen MR) is 82.7 cm³/mol. The van der Waals surface area contributed by atoms with Gasteiger partial charge in [-0.05, 0) is 18.9 Å². The predicted octanol–water partition coefficient (Wildman–Crippen LogP) is 2.46. The molecule has 3 heterocycles. The van der Waals surface area contributed by atoms with Crippen LogP contribution in [0.3, 0.4) is 0 Å². The molecule has 0 aromatic carbocycles. The minimum atomic E-state index is 0.00402. The first kappa shape index (κ1) is 15.0. The Hall–Kier alpha value is -1.95. The van der Waals surface area contributed by atoms with Crippen molar-refractivity contribution in [3.05, 3.63) is 35.7 Å². The van der Waals surface area contributed by atoms with Crippen molar-refractivity contribution in [1.82, 2.24) is 15.1 Å². The summed E-state index contributed by atoms with van der Waals surface area (Å²) in [5, 5.41) is 13.6. The van der Waals surface area contributed by atoms with E-state index < -0.39 is 0 Å². The summed E-state index contributed by atoms with van der Waals surface area (Å²) in [5.41, 5.74) is 1.91. The van der Waals surface area contributed by atoms with Crippen LogP contribution in [0.15, 0.2) is 23.0 Å². The summed E-state index contributed by atoms with van der Waals surface area (Å²) in [6.07, 6.45) is 5.63. The third-order valence-corrected chi connectivity index (χ3v) is 4.13. The first-order chi connectivity index (χ1) is 10.7. The highest BCUT2D eigenvalue weighted by Crippen LogP contribution is 2.30. The first-order valence-corrected chi connectivity index (χ1v) is 7.81. The molecule has 22 heavy (non-hydrogen) atoms. The molecule has 118 valence electrons. The SMILES string of the molecule is CC(C)c1nc(C2CCCN(c3ccncc3CO)C2)no1. The molecule has 1 atom stereocenters. The maximum absolute atomic E-state index is 9.49. The Labute approximate surface area is 130 Å². The Morgan fingerprint density at radius 3 is 3.05 bits per heavy atom. The molecule has 2 aromatic heterocycles. The second-order valence-corrected chi connectivity index (χ2v) is 6.09. The van der Waals surface area contributed by atoms with Gasteiger partial charge in [0.25, 0.3) is 0 Å². The smallest absolute Gasteiger partial charge is 0.229 e. The van der Waals surface area contributed by atoms with Gasteiger partial charge in [0.15, 0.2) is 5.82 Å². The second-order valence-electron chi connectivity index (χ2n) is 6.09. The zero-order valence-electron chi connectivity index (χ0n) is 13.1. The number of hydrogen-bond acceptors (Lipinski definition) is 6. The summed E-state index contributed by atoms with van der Waals surface area (Å²) in [4.78, 5) is 10.9. The van der Waals surface area contributed by atoms with Crippen molar-refractivity contribution in [1.29, 1.82) is 0 Å². The molecule has 0 amide bonds. The van der Waals surface area contributed by atoms with Gasteiger partial charge in [0, 0.05) is 48.6 Å². The van der Waals surface area contributed by atoms with E-state index in [9.17, 15) is 5.11 Å². The van der Waals surface area contributed by atoms with Crippen LogP contribution in [0.2, 0.25) is 0 Å². The van der Waals surface area contributed by atoms with Crippen molar-refractivity contribution in [2.24, 2.45) is 0 Å². The lowest BCUT2D eigenvalue weighted by atomic mass is 9.96. The number of pyridine rings is 1. The largest absolute Gasteiger partial charge is 0.392 e. The molecule has 2 aromatic rings. The van der Waals surface area contributed by atoms with Crippen molar-refractivity contribution in [2.45, 2.75) is 45.1 Å². The normalized spacial score (nSPS) is 18.9. The van der Waals surface area contributed by atoms with Gasteiger partial charge in [0.2, 0.25) is 5.89 Å². The Balaban J connectivity index is 1.79. The van der Waals surface area contributed by atoms with Crippen molar-refractivity contribution in [2.75, 3.05) is 18.0 Å². The zero-order chi connectivity index (χ0) is 15.5. The fourth-order valence-electron chi connectivity index (χ4n) is 2.90. The third-order valence-electron chi connectivity index (χ3n) is 4.13. The van der Waals surface area contributed by atoms with E-state index in [4.69, 9.17) is 4.52 Å². The first-order valence-electron chi connectivity index (χ1n) is 7.81. The van der Waals surface area contributed by atoms with Crippen LogP contribution in [0, 0.1) is 0 Å². The number of rotatable bonds is 4. The highest BCUT2D eigenvalue weighted by atomic mass is 16.5. The van der Waals surface area contributed by atoms with E-state index in [1.807, 2.05) is 6.07 Å². The summed E-state index contributed by atoms with van der Waals surface area (Å²) < 4.78 is 5.34. The van der Waals surface area contributed by atoms with E-state index in [0.717, 1.165) is 43.0 Å². The van der Waals surface area contributed by atoms with E-state index >= 15 is 0 Å². The van der Waals surface area contributed by atoms with E-state index in [0.29, 0.717) is 5.89 Å². The second kappa shape index (κ2) is 6.44. The quantitative estimate of drug-likeness (QED) is 0.935. The van der Waals surface area contributed by atoms with Crippen LogP contribution < -0.4 is 4.90 Å². The molecule has 1 saturated heterocycles. The highest BCUT2D eigenvalue weighted by Gasteiger charge is 2.27. The van der Waals surface area contributed by atoms with E-state index in [2.05, 4.69) is 33.9 Å². The maximum atomic E-state index is 9.49. The lowest BCUT2D eigenvalue weighted by Gasteiger charge is -2.34. The molecule has 6 heteroatoms. The minimum absolute atomic E-state index is 0.00402. The molecular weight excluding hydrogens is 280 g/mol. The van der Waals surface area contributed by atoms with Gasteiger partial charge in [-0.15, -0.1) is 0 Å². The molecule has 1 unspecified atom stereocenters. The number of aliphatic hydroxyl groups excluding tert-OH is 1. The Morgan fingerprint density at radius 1 is 1.45 bits per heavy atom. The zero-order valence-corrected chi connectivity index (χ0v) is 13.1. The van der Waals surface area contributed by atoms with Gasteiger partial charge in [-0.3, -0.25) is 4.98 Å². The van der Waals surface area contributed by atoms with Gasteiger partial charge in [-0.25, -0.2) is 0 Å². The Bertz CT molecular complexity index is 626. The van der Waals surface area contributed by atoms with Gasteiger partial charge >= 0.3 is 0 Å². The van der Waals surface area contributed by atoms with Crippen LogP contribution in [0.4, 0.5) is 5.69 Å². The number of nitrogens with zero attached hydrogens (tertiary/aromatic N) is 4. The van der Waals surface area contributed by atoms with Crippen LogP contribution in [0.5, 0.6) is 0 Å². The Morgan fingerprint density at radius 2 is 2.32 bits per heavy atom. The molecule has 6 nitrogen and oxygen atoms in total. The number of anilines is 1. The van der Waals surface area contributed by atoms with Crippen molar-refractivity contribution >= 4 is 5.69 Å². The number of hydrogen-bond donors (Lipinski definition) is 1. The van der Waals surface area contributed by atoms with Crippen molar-refractivity contribution in [3.63, 3.8) is 0 Å². The van der Waals surface area contributed by atoms with Crippen LogP contribution in [0.25, 0.3) is 0 Å². The van der Waals surface area contributed by atoms with Crippen molar-refractivity contribution in [3.8, 4) is 0 Å². The number of piperidine rings is 1. The molecule has 0 saturated carbocycles. The molecule has 1 fully saturated rings. The molecule has 0 aliphatic carbocycles. The molecule has 0 spiro atoms. The van der Waals surface area contributed by atoms with Gasteiger partial charge < -0.3 is 14.5 Å². The van der Waals surface area contributed by atoms with E-state index in [1.54, 1.807) is 12.4 Å². The number of aliphatic hydroxyl groups is 1. The average Bonchev–Trinajstić information content (AvgIpc) is 3.05. The molecule has 1 N–H and O–H groups in total. The molecule has 1 aliphatic heterocycles. The summed E-state index contributed by atoms with van der Waals surface area (Å²) >= 11 is 0. The van der Waals surface area contributed by atoms with Gasteiger partial charge in [0.05, 0.1) is 6.61 Å². The Kier molecular flexibility index (Phi) is 4.38. The third kappa shape index (κ3) is 2.97. The van der Waals surface area contributed by atoms with E-state index in [1.165, 1.54) is 0 Å².